The predicted octanol–water partition coefficient (Wildman–Crippen LogP) is 2.27. The van der Waals surface area contributed by atoms with E-state index in [0.717, 1.165) is 60.5 Å². The maximum Gasteiger partial charge on any atom is 0.163 e. The molecule has 4 rings (SSSR count). The van der Waals surface area contributed by atoms with Crippen LogP contribution in [0.15, 0.2) is 43.1 Å². The first-order valence-electron chi connectivity index (χ1n) is 8.74. The van der Waals surface area contributed by atoms with Gasteiger partial charge in [0, 0.05) is 67.8 Å². The molecule has 0 unspecified atom stereocenters. The highest BCUT2D eigenvalue weighted by atomic mass is 15.3. The van der Waals surface area contributed by atoms with Crippen molar-refractivity contribution in [1.29, 1.82) is 0 Å². The minimum absolute atomic E-state index is 0.729. The van der Waals surface area contributed by atoms with Crippen molar-refractivity contribution in [2.24, 2.45) is 0 Å². The van der Waals surface area contributed by atoms with Gasteiger partial charge in [0.15, 0.2) is 5.82 Å². The summed E-state index contributed by atoms with van der Waals surface area (Å²) in [5, 5.41) is 0. The van der Waals surface area contributed by atoms with E-state index < -0.39 is 0 Å². The van der Waals surface area contributed by atoms with Crippen molar-refractivity contribution in [1.82, 2.24) is 24.9 Å². The quantitative estimate of drug-likeness (QED) is 0.720. The molecule has 0 atom stereocenters. The Morgan fingerprint density at radius 3 is 2.31 bits per heavy atom. The summed E-state index contributed by atoms with van der Waals surface area (Å²) < 4.78 is 0. The molecule has 1 aliphatic rings. The van der Waals surface area contributed by atoms with Gasteiger partial charge in [0.1, 0.15) is 11.6 Å². The van der Waals surface area contributed by atoms with Gasteiger partial charge in [0.2, 0.25) is 0 Å². The number of hydrogen-bond donors (Lipinski definition) is 0. The molecular formula is C19H21N7. The molecule has 0 aliphatic carbocycles. The minimum atomic E-state index is 0.729. The van der Waals surface area contributed by atoms with Gasteiger partial charge in [-0.05, 0) is 26.0 Å². The van der Waals surface area contributed by atoms with Gasteiger partial charge in [0.25, 0.3) is 0 Å². The molecule has 0 aromatic carbocycles. The van der Waals surface area contributed by atoms with E-state index in [0.29, 0.717) is 0 Å². The predicted molar refractivity (Wildman–Crippen MR) is 101 cm³/mol. The molecule has 1 fully saturated rings. The second-order valence-electron chi connectivity index (χ2n) is 6.36. The van der Waals surface area contributed by atoms with Crippen LogP contribution < -0.4 is 9.80 Å². The lowest BCUT2D eigenvalue weighted by Crippen LogP contribution is -2.47. The van der Waals surface area contributed by atoms with Crippen molar-refractivity contribution >= 4 is 11.6 Å². The van der Waals surface area contributed by atoms with Crippen molar-refractivity contribution in [2.45, 2.75) is 13.8 Å². The first-order chi connectivity index (χ1) is 12.7. The Hall–Kier alpha value is -3.09. The van der Waals surface area contributed by atoms with Gasteiger partial charge in [-0.25, -0.2) is 15.0 Å². The van der Waals surface area contributed by atoms with Crippen LogP contribution >= 0.6 is 0 Å². The number of rotatable bonds is 3. The summed E-state index contributed by atoms with van der Waals surface area (Å²) in [5.41, 5.74) is 3.07. The Labute approximate surface area is 152 Å². The second-order valence-corrected chi connectivity index (χ2v) is 6.36. The SMILES string of the molecule is Cc1nc(-c2cccnc2)nc(N2CCN(c3cnccn3)CC2)c1C. The average molecular weight is 347 g/mol. The largest absolute Gasteiger partial charge is 0.353 e. The summed E-state index contributed by atoms with van der Waals surface area (Å²) in [6.45, 7) is 7.69. The maximum atomic E-state index is 4.85. The molecule has 0 amide bonds. The summed E-state index contributed by atoms with van der Waals surface area (Å²) >= 11 is 0. The van der Waals surface area contributed by atoms with Gasteiger partial charge >= 0.3 is 0 Å². The van der Waals surface area contributed by atoms with Crippen LogP contribution in [0.1, 0.15) is 11.3 Å². The van der Waals surface area contributed by atoms with Crippen LogP contribution in [0.25, 0.3) is 11.4 Å². The highest BCUT2D eigenvalue weighted by Gasteiger charge is 2.22. The Bertz CT molecular complexity index is 875. The zero-order chi connectivity index (χ0) is 17.9. The fourth-order valence-electron chi connectivity index (χ4n) is 3.15. The summed E-state index contributed by atoms with van der Waals surface area (Å²) in [7, 11) is 0. The number of nitrogens with zero attached hydrogens (tertiary/aromatic N) is 7. The Balaban J connectivity index is 1.58. The number of piperazine rings is 1. The van der Waals surface area contributed by atoms with Crippen LogP contribution in [-0.4, -0.2) is 51.1 Å². The molecule has 7 heteroatoms. The topological polar surface area (TPSA) is 70.9 Å². The molecule has 3 aromatic heterocycles. The summed E-state index contributed by atoms with van der Waals surface area (Å²) in [6, 6.07) is 3.90. The highest BCUT2D eigenvalue weighted by molar-refractivity contribution is 5.60. The number of aromatic nitrogens is 5. The number of aryl methyl sites for hydroxylation is 1. The summed E-state index contributed by atoms with van der Waals surface area (Å²) in [4.78, 5) is 26.8. The molecule has 1 aliphatic heterocycles. The van der Waals surface area contributed by atoms with E-state index in [9.17, 15) is 0 Å². The van der Waals surface area contributed by atoms with Crippen LogP contribution in [-0.2, 0) is 0 Å². The van der Waals surface area contributed by atoms with Crippen molar-refractivity contribution in [3.05, 3.63) is 54.4 Å². The van der Waals surface area contributed by atoms with Crippen LogP contribution in [0, 0.1) is 13.8 Å². The first kappa shape index (κ1) is 16.4. The molecule has 132 valence electrons. The molecule has 26 heavy (non-hydrogen) atoms. The normalized spacial score (nSPS) is 14.5. The molecular weight excluding hydrogens is 326 g/mol. The van der Waals surface area contributed by atoms with E-state index in [1.165, 1.54) is 0 Å². The monoisotopic (exact) mass is 347 g/mol. The molecule has 7 nitrogen and oxygen atoms in total. The minimum Gasteiger partial charge on any atom is -0.353 e. The summed E-state index contributed by atoms with van der Waals surface area (Å²) in [5.74, 6) is 2.67. The average Bonchev–Trinajstić information content (AvgIpc) is 2.71. The lowest BCUT2D eigenvalue weighted by atomic mass is 10.2. The highest BCUT2D eigenvalue weighted by Crippen LogP contribution is 2.25. The van der Waals surface area contributed by atoms with Crippen molar-refractivity contribution in [3.63, 3.8) is 0 Å². The third kappa shape index (κ3) is 3.20. The van der Waals surface area contributed by atoms with Gasteiger partial charge in [-0.1, -0.05) is 0 Å². The Morgan fingerprint density at radius 1 is 0.846 bits per heavy atom. The smallest absolute Gasteiger partial charge is 0.163 e. The van der Waals surface area contributed by atoms with Gasteiger partial charge in [0.05, 0.1) is 6.20 Å². The fraction of sp³-hybridized carbons (Fsp3) is 0.316. The third-order valence-corrected chi connectivity index (χ3v) is 4.74. The van der Waals surface area contributed by atoms with E-state index in [1.807, 2.05) is 25.3 Å². The standard InChI is InChI=1S/C19H21N7/c1-14-15(2)23-18(16-4-3-5-20-12-16)24-19(14)26-10-8-25(9-11-26)17-13-21-6-7-22-17/h3-7,12-13H,8-11H2,1-2H3. The van der Waals surface area contributed by atoms with Gasteiger partial charge in [-0.3, -0.25) is 9.97 Å². The van der Waals surface area contributed by atoms with E-state index in [2.05, 4.69) is 36.7 Å². The van der Waals surface area contributed by atoms with E-state index in [-0.39, 0.29) is 0 Å². The van der Waals surface area contributed by atoms with Gasteiger partial charge in [-0.2, -0.15) is 0 Å². The van der Waals surface area contributed by atoms with Crippen molar-refractivity contribution < 1.29 is 0 Å². The molecule has 3 aromatic rings. The van der Waals surface area contributed by atoms with Crippen molar-refractivity contribution in [2.75, 3.05) is 36.0 Å². The molecule has 0 N–H and O–H groups in total. The van der Waals surface area contributed by atoms with Crippen LogP contribution in [0.2, 0.25) is 0 Å². The molecule has 0 bridgehead atoms. The van der Waals surface area contributed by atoms with Crippen LogP contribution in [0.4, 0.5) is 11.6 Å². The number of anilines is 2. The zero-order valence-electron chi connectivity index (χ0n) is 15.0. The van der Waals surface area contributed by atoms with Crippen LogP contribution in [0.3, 0.4) is 0 Å². The Kier molecular flexibility index (Phi) is 4.43. The number of hydrogen-bond acceptors (Lipinski definition) is 7. The third-order valence-electron chi connectivity index (χ3n) is 4.74. The molecule has 1 saturated heterocycles. The molecule has 0 saturated carbocycles. The number of pyridine rings is 1. The lowest BCUT2D eigenvalue weighted by molar-refractivity contribution is 0.638. The molecule has 0 radical (unpaired) electrons. The second kappa shape index (κ2) is 7.03. The molecule has 0 spiro atoms. The zero-order valence-corrected chi connectivity index (χ0v) is 15.0. The van der Waals surface area contributed by atoms with E-state index in [1.54, 1.807) is 24.8 Å². The van der Waals surface area contributed by atoms with Crippen molar-refractivity contribution in [3.8, 4) is 11.4 Å². The first-order valence-corrected chi connectivity index (χ1v) is 8.74. The van der Waals surface area contributed by atoms with E-state index >= 15 is 0 Å². The van der Waals surface area contributed by atoms with Crippen LogP contribution in [0.5, 0.6) is 0 Å². The lowest BCUT2D eigenvalue weighted by Gasteiger charge is -2.36. The van der Waals surface area contributed by atoms with Gasteiger partial charge < -0.3 is 9.80 Å². The fourth-order valence-corrected chi connectivity index (χ4v) is 3.15. The summed E-state index contributed by atoms with van der Waals surface area (Å²) in [6.07, 6.45) is 8.82. The Morgan fingerprint density at radius 2 is 1.62 bits per heavy atom. The maximum absolute atomic E-state index is 4.85. The molecule has 4 heterocycles. The van der Waals surface area contributed by atoms with E-state index in [4.69, 9.17) is 4.98 Å². The van der Waals surface area contributed by atoms with Gasteiger partial charge in [-0.15, -0.1) is 0 Å².